The van der Waals surface area contributed by atoms with Crippen LogP contribution in [0.1, 0.15) is 31.8 Å². The van der Waals surface area contributed by atoms with Gasteiger partial charge >= 0.3 is 0 Å². The molecule has 0 aliphatic carbocycles. The number of rotatable bonds is 4. The number of ether oxygens (including phenoxy) is 1. The average molecular weight is 364 g/mol. The van der Waals surface area contributed by atoms with Gasteiger partial charge in [-0.2, -0.15) is 4.57 Å². The molecule has 26 heavy (non-hydrogen) atoms. The first kappa shape index (κ1) is 16.9. The predicted octanol–water partition coefficient (Wildman–Crippen LogP) is 5.54. The van der Waals surface area contributed by atoms with Crippen LogP contribution in [0.3, 0.4) is 0 Å². The summed E-state index contributed by atoms with van der Waals surface area (Å²) in [5.74, 6) is 1.80. The lowest BCUT2D eigenvalue weighted by Gasteiger charge is -2.14. The first-order valence-electron chi connectivity index (χ1n) is 9.05. The number of thiazole rings is 1. The molecule has 0 saturated heterocycles. The highest BCUT2D eigenvalue weighted by Crippen LogP contribution is 2.38. The third-order valence-corrected chi connectivity index (χ3v) is 5.63. The molecule has 0 unspecified atom stereocenters. The lowest BCUT2D eigenvalue weighted by molar-refractivity contribution is -0.688. The van der Waals surface area contributed by atoms with Crippen molar-refractivity contribution in [3.8, 4) is 5.75 Å². The fraction of sp³-hybridized carbons (Fsp3) is 0.227. The molecule has 1 aromatic heterocycles. The van der Waals surface area contributed by atoms with E-state index in [0.29, 0.717) is 6.04 Å². The molecule has 0 saturated carbocycles. The molecular weight excluding hydrogens is 340 g/mol. The number of nitrogens with zero attached hydrogens (tertiary/aromatic N) is 2. The van der Waals surface area contributed by atoms with Crippen molar-refractivity contribution in [1.29, 1.82) is 0 Å². The van der Waals surface area contributed by atoms with Crippen LogP contribution in [0.25, 0.3) is 16.3 Å². The standard InChI is InChI=1S/C22H23N2OS/c1-4-23-17-10-5-7-12-19(17)25-21(23)14-9-15-22-24(16(2)3)18-11-6-8-13-20(18)26-22/h5-16H,4H2,1-3H3/q+1. The lowest BCUT2D eigenvalue weighted by Crippen LogP contribution is -2.37. The van der Waals surface area contributed by atoms with Gasteiger partial charge in [-0.3, -0.25) is 0 Å². The zero-order chi connectivity index (χ0) is 18.1. The first-order valence-corrected chi connectivity index (χ1v) is 9.86. The Bertz CT molecular complexity index is 1000. The predicted molar refractivity (Wildman–Crippen MR) is 110 cm³/mol. The number of allylic oxidation sites excluding steroid dienone is 2. The third kappa shape index (κ3) is 2.90. The number of anilines is 1. The van der Waals surface area contributed by atoms with E-state index in [-0.39, 0.29) is 0 Å². The smallest absolute Gasteiger partial charge is 0.262 e. The summed E-state index contributed by atoms with van der Waals surface area (Å²) in [6.45, 7) is 7.47. The second kappa shape index (κ2) is 6.96. The van der Waals surface area contributed by atoms with Gasteiger partial charge in [-0.25, -0.2) is 0 Å². The molecule has 4 heteroatoms. The fourth-order valence-corrected chi connectivity index (χ4v) is 4.58. The molecular formula is C22H23N2OS+. The van der Waals surface area contributed by atoms with E-state index in [4.69, 9.17) is 4.74 Å². The van der Waals surface area contributed by atoms with Crippen molar-refractivity contribution in [2.24, 2.45) is 0 Å². The summed E-state index contributed by atoms with van der Waals surface area (Å²) in [4.78, 5) is 2.20. The van der Waals surface area contributed by atoms with Gasteiger partial charge in [-0.15, -0.1) is 0 Å². The van der Waals surface area contributed by atoms with Crippen LogP contribution in [-0.2, 0) is 0 Å². The van der Waals surface area contributed by atoms with Gasteiger partial charge in [-0.05, 0) is 51.1 Å². The molecule has 0 atom stereocenters. The largest absolute Gasteiger partial charge is 0.439 e. The molecule has 0 radical (unpaired) electrons. The minimum absolute atomic E-state index is 0.414. The second-order valence-electron chi connectivity index (χ2n) is 6.55. The lowest BCUT2D eigenvalue weighted by atomic mass is 10.3. The molecule has 4 rings (SSSR count). The molecule has 0 spiro atoms. The monoisotopic (exact) mass is 363 g/mol. The van der Waals surface area contributed by atoms with E-state index in [0.717, 1.165) is 23.9 Å². The summed E-state index contributed by atoms with van der Waals surface area (Å²) in [6, 6.07) is 17.2. The zero-order valence-electron chi connectivity index (χ0n) is 15.3. The Hall–Kier alpha value is -2.59. The summed E-state index contributed by atoms with van der Waals surface area (Å²) >= 11 is 1.82. The third-order valence-electron chi connectivity index (χ3n) is 4.52. The number of benzene rings is 2. The highest BCUT2D eigenvalue weighted by atomic mass is 32.1. The van der Waals surface area contributed by atoms with Gasteiger partial charge in [0.2, 0.25) is 11.4 Å². The molecule has 3 aromatic rings. The van der Waals surface area contributed by atoms with Crippen LogP contribution in [0.2, 0.25) is 0 Å². The Morgan fingerprint density at radius 3 is 2.69 bits per heavy atom. The van der Waals surface area contributed by atoms with E-state index in [2.05, 4.69) is 78.8 Å². The van der Waals surface area contributed by atoms with Gasteiger partial charge in [0.1, 0.15) is 4.70 Å². The summed E-state index contributed by atoms with van der Waals surface area (Å²) < 4.78 is 9.72. The van der Waals surface area contributed by atoms with Crippen molar-refractivity contribution in [3.05, 3.63) is 71.6 Å². The van der Waals surface area contributed by atoms with Crippen molar-refractivity contribution in [1.82, 2.24) is 0 Å². The van der Waals surface area contributed by atoms with Crippen LogP contribution in [0.4, 0.5) is 5.69 Å². The van der Waals surface area contributed by atoms with Gasteiger partial charge < -0.3 is 9.64 Å². The molecule has 132 valence electrons. The Morgan fingerprint density at radius 1 is 1.12 bits per heavy atom. The molecule has 0 amide bonds. The van der Waals surface area contributed by atoms with E-state index in [9.17, 15) is 0 Å². The van der Waals surface area contributed by atoms with Crippen molar-refractivity contribution < 1.29 is 9.30 Å². The number of aromatic nitrogens is 1. The molecule has 1 aliphatic heterocycles. The van der Waals surface area contributed by atoms with Crippen molar-refractivity contribution in [2.75, 3.05) is 11.4 Å². The topological polar surface area (TPSA) is 16.4 Å². The van der Waals surface area contributed by atoms with E-state index in [1.807, 2.05) is 29.5 Å². The molecule has 0 fully saturated rings. The Morgan fingerprint density at radius 2 is 1.88 bits per heavy atom. The minimum atomic E-state index is 0.414. The zero-order valence-corrected chi connectivity index (χ0v) is 16.2. The van der Waals surface area contributed by atoms with Gasteiger partial charge in [0.15, 0.2) is 11.8 Å². The molecule has 0 N–H and O–H groups in total. The van der Waals surface area contributed by atoms with E-state index < -0.39 is 0 Å². The molecule has 2 aromatic carbocycles. The maximum absolute atomic E-state index is 6.02. The van der Waals surface area contributed by atoms with E-state index >= 15 is 0 Å². The van der Waals surface area contributed by atoms with E-state index in [1.54, 1.807) is 0 Å². The second-order valence-corrected chi connectivity index (χ2v) is 7.61. The summed E-state index contributed by atoms with van der Waals surface area (Å²) in [7, 11) is 0. The average Bonchev–Trinajstić information content (AvgIpc) is 3.19. The Balaban J connectivity index is 1.66. The maximum Gasteiger partial charge on any atom is 0.262 e. The number of para-hydroxylation sites is 3. The minimum Gasteiger partial charge on any atom is -0.439 e. The fourth-order valence-electron chi connectivity index (χ4n) is 3.39. The van der Waals surface area contributed by atoms with Crippen LogP contribution in [-0.4, -0.2) is 6.54 Å². The maximum atomic E-state index is 6.02. The van der Waals surface area contributed by atoms with Crippen LogP contribution >= 0.6 is 11.3 Å². The number of fused-ring (bicyclic) bond motifs is 2. The first-order chi connectivity index (χ1) is 12.7. The number of hydrogen-bond acceptors (Lipinski definition) is 3. The van der Waals surface area contributed by atoms with Crippen molar-refractivity contribution >= 4 is 33.3 Å². The highest BCUT2D eigenvalue weighted by molar-refractivity contribution is 7.18. The van der Waals surface area contributed by atoms with Gasteiger partial charge in [-0.1, -0.05) is 35.6 Å². The Kier molecular flexibility index (Phi) is 4.51. The quantitative estimate of drug-likeness (QED) is 0.566. The summed E-state index contributed by atoms with van der Waals surface area (Å²) in [6.07, 6.45) is 6.32. The molecule has 1 aliphatic rings. The molecule has 3 nitrogen and oxygen atoms in total. The highest BCUT2D eigenvalue weighted by Gasteiger charge is 2.24. The van der Waals surface area contributed by atoms with Crippen LogP contribution in [0.5, 0.6) is 5.75 Å². The van der Waals surface area contributed by atoms with Gasteiger partial charge in [0, 0.05) is 18.7 Å². The normalized spacial score (nSPS) is 15.4. The van der Waals surface area contributed by atoms with Crippen molar-refractivity contribution in [2.45, 2.75) is 26.8 Å². The van der Waals surface area contributed by atoms with Crippen LogP contribution in [0, 0.1) is 0 Å². The molecule has 2 heterocycles. The molecule has 0 bridgehead atoms. The van der Waals surface area contributed by atoms with Gasteiger partial charge in [0.05, 0.1) is 5.69 Å². The summed E-state index contributed by atoms with van der Waals surface area (Å²) in [5.41, 5.74) is 2.42. The van der Waals surface area contributed by atoms with E-state index in [1.165, 1.54) is 15.2 Å². The number of hydrogen-bond donors (Lipinski definition) is 0. The Labute approximate surface area is 158 Å². The van der Waals surface area contributed by atoms with Crippen LogP contribution < -0.4 is 14.2 Å². The van der Waals surface area contributed by atoms with Crippen LogP contribution in [0.15, 0.2) is 66.6 Å². The van der Waals surface area contributed by atoms with Crippen molar-refractivity contribution in [3.63, 3.8) is 0 Å². The van der Waals surface area contributed by atoms with Gasteiger partial charge in [0.25, 0.3) is 5.01 Å². The summed E-state index contributed by atoms with van der Waals surface area (Å²) in [5, 5.41) is 1.25. The SMILES string of the molecule is CCN1/C(=C/C=C/c2sc3ccccc3[n+]2C(C)C)Oc2ccccc21.